The van der Waals surface area contributed by atoms with Crippen molar-refractivity contribution in [2.24, 2.45) is 0 Å². The molecule has 112 valence electrons. The van der Waals surface area contributed by atoms with Crippen LogP contribution in [0, 0.1) is 0 Å². The van der Waals surface area contributed by atoms with Crippen molar-refractivity contribution in [3.63, 3.8) is 0 Å². The summed E-state index contributed by atoms with van der Waals surface area (Å²) in [5.41, 5.74) is 0.902. The lowest BCUT2D eigenvalue weighted by Gasteiger charge is -2.09. The fourth-order valence-electron chi connectivity index (χ4n) is 1.30. The molecule has 0 aromatic heterocycles. The first kappa shape index (κ1) is 16.7. The minimum absolute atomic E-state index is 0.168. The number of alkyl halides is 3. The molecule has 7 heteroatoms. The molecule has 0 unspecified atom stereocenters. The summed E-state index contributed by atoms with van der Waals surface area (Å²) < 4.78 is 45.2. The van der Waals surface area contributed by atoms with Crippen LogP contribution < -0.4 is 4.74 Å². The summed E-state index contributed by atoms with van der Waals surface area (Å²) in [6, 6.07) is 6.30. The number of carbonyl (C=O) groups is 1. The third kappa shape index (κ3) is 7.28. The third-order valence-corrected chi connectivity index (χ3v) is 3.10. The van der Waals surface area contributed by atoms with Gasteiger partial charge in [-0.1, -0.05) is 12.1 Å². The van der Waals surface area contributed by atoms with E-state index in [0.29, 0.717) is 12.4 Å². The number of thioether (sulfide) groups is 1. The molecule has 0 aliphatic carbocycles. The molecule has 0 aliphatic heterocycles. The van der Waals surface area contributed by atoms with Crippen molar-refractivity contribution in [3.05, 3.63) is 29.8 Å². The Morgan fingerprint density at radius 1 is 1.25 bits per heavy atom. The maximum absolute atomic E-state index is 12.0. The summed E-state index contributed by atoms with van der Waals surface area (Å²) in [6.07, 6.45) is -4.34. The molecule has 0 amide bonds. The van der Waals surface area contributed by atoms with Crippen LogP contribution in [-0.4, -0.2) is 31.1 Å². The lowest BCUT2D eigenvalue weighted by Crippen LogP contribution is -2.19. The van der Waals surface area contributed by atoms with Crippen molar-refractivity contribution in [1.29, 1.82) is 0 Å². The molecule has 0 atom stereocenters. The first-order valence-corrected chi connectivity index (χ1v) is 7.08. The van der Waals surface area contributed by atoms with Gasteiger partial charge in [0.05, 0.1) is 12.4 Å². The van der Waals surface area contributed by atoms with Crippen LogP contribution in [0.15, 0.2) is 24.3 Å². The predicted molar refractivity (Wildman–Crippen MR) is 70.8 cm³/mol. The summed E-state index contributed by atoms with van der Waals surface area (Å²) in [5.74, 6) is 0.725. The first-order valence-electron chi connectivity index (χ1n) is 5.92. The lowest BCUT2D eigenvalue weighted by atomic mass is 10.2. The SMILES string of the molecule is CCOC(=O)CSCc1ccc(OCC(F)(F)F)cc1. The monoisotopic (exact) mass is 308 g/mol. The zero-order valence-corrected chi connectivity index (χ0v) is 11.7. The number of hydrogen-bond acceptors (Lipinski definition) is 4. The number of hydrogen-bond donors (Lipinski definition) is 0. The van der Waals surface area contributed by atoms with Gasteiger partial charge in [-0.2, -0.15) is 13.2 Å². The van der Waals surface area contributed by atoms with Crippen molar-refractivity contribution >= 4 is 17.7 Å². The minimum atomic E-state index is -4.34. The topological polar surface area (TPSA) is 35.5 Å². The largest absolute Gasteiger partial charge is 0.484 e. The average molecular weight is 308 g/mol. The number of carbonyl (C=O) groups excluding carboxylic acids is 1. The maximum atomic E-state index is 12.0. The van der Waals surface area contributed by atoms with Crippen LogP contribution >= 0.6 is 11.8 Å². The van der Waals surface area contributed by atoms with Gasteiger partial charge in [0, 0.05) is 5.75 Å². The van der Waals surface area contributed by atoms with Crippen molar-refractivity contribution in [3.8, 4) is 5.75 Å². The molecule has 0 saturated heterocycles. The molecule has 3 nitrogen and oxygen atoms in total. The molecule has 0 N–H and O–H groups in total. The maximum Gasteiger partial charge on any atom is 0.422 e. The molecule has 20 heavy (non-hydrogen) atoms. The molecular formula is C13H15F3O3S. The van der Waals surface area contributed by atoms with Gasteiger partial charge in [0.2, 0.25) is 0 Å². The second-order valence-electron chi connectivity index (χ2n) is 3.85. The Kier molecular flexibility index (Phi) is 6.70. The highest BCUT2D eigenvalue weighted by molar-refractivity contribution is 7.99. The average Bonchev–Trinajstić information content (AvgIpc) is 2.37. The van der Waals surface area contributed by atoms with Gasteiger partial charge in [0.15, 0.2) is 6.61 Å². The highest BCUT2D eigenvalue weighted by atomic mass is 32.2. The molecule has 0 saturated carbocycles. The van der Waals surface area contributed by atoms with E-state index in [-0.39, 0.29) is 17.5 Å². The van der Waals surface area contributed by atoms with Gasteiger partial charge in [-0.05, 0) is 24.6 Å². The van der Waals surface area contributed by atoms with Gasteiger partial charge in [-0.15, -0.1) is 11.8 Å². The van der Waals surface area contributed by atoms with Gasteiger partial charge in [-0.3, -0.25) is 4.79 Å². The van der Waals surface area contributed by atoms with E-state index in [1.807, 2.05) is 0 Å². The quantitative estimate of drug-likeness (QED) is 0.723. The molecular weight excluding hydrogens is 293 g/mol. The number of esters is 1. The Bertz CT molecular complexity index is 418. The zero-order chi connectivity index (χ0) is 15.0. The standard InChI is InChI=1S/C13H15F3O3S/c1-2-18-12(17)8-20-7-10-3-5-11(6-4-10)19-9-13(14,15)16/h3-6H,2,7-9H2,1H3. The van der Waals surface area contributed by atoms with Gasteiger partial charge >= 0.3 is 12.1 Å². The van der Waals surface area contributed by atoms with Gasteiger partial charge in [0.1, 0.15) is 5.75 Å². The van der Waals surface area contributed by atoms with Crippen LogP contribution in [0.2, 0.25) is 0 Å². The highest BCUT2D eigenvalue weighted by Gasteiger charge is 2.28. The number of ether oxygens (including phenoxy) is 2. The second kappa shape index (κ2) is 8.04. The summed E-state index contributed by atoms with van der Waals surface area (Å²) >= 11 is 1.38. The van der Waals surface area contributed by atoms with E-state index in [0.717, 1.165) is 5.56 Å². The van der Waals surface area contributed by atoms with E-state index in [2.05, 4.69) is 4.74 Å². The molecule has 1 aromatic rings. The summed E-state index contributed by atoms with van der Waals surface area (Å²) in [7, 11) is 0. The molecule has 1 rings (SSSR count). The third-order valence-electron chi connectivity index (χ3n) is 2.12. The van der Waals surface area contributed by atoms with Gasteiger partial charge in [0.25, 0.3) is 0 Å². The van der Waals surface area contributed by atoms with Crippen molar-refractivity contribution in [2.75, 3.05) is 19.0 Å². The summed E-state index contributed by atoms with van der Waals surface area (Å²) in [6.45, 7) is 0.789. The fourth-order valence-corrected chi connectivity index (χ4v) is 2.08. The van der Waals surface area contributed by atoms with Crippen molar-refractivity contribution < 1.29 is 27.4 Å². The number of halogens is 3. The molecule has 0 bridgehead atoms. The molecule has 0 heterocycles. The Hall–Kier alpha value is -1.37. The zero-order valence-electron chi connectivity index (χ0n) is 10.9. The minimum Gasteiger partial charge on any atom is -0.484 e. The summed E-state index contributed by atoms with van der Waals surface area (Å²) in [4.78, 5) is 11.1. The normalized spacial score (nSPS) is 11.2. The lowest BCUT2D eigenvalue weighted by molar-refractivity contribution is -0.153. The Morgan fingerprint density at radius 2 is 1.90 bits per heavy atom. The van der Waals surface area contributed by atoms with Gasteiger partial charge < -0.3 is 9.47 Å². The van der Waals surface area contributed by atoms with E-state index in [1.165, 1.54) is 23.9 Å². The van der Waals surface area contributed by atoms with Crippen LogP contribution in [0.5, 0.6) is 5.75 Å². The van der Waals surface area contributed by atoms with E-state index in [1.54, 1.807) is 19.1 Å². The predicted octanol–water partition coefficient (Wildman–Crippen LogP) is 3.42. The summed E-state index contributed by atoms with van der Waals surface area (Å²) in [5, 5.41) is 0. The van der Waals surface area contributed by atoms with Crippen LogP contribution in [0.3, 0.4) is 0 Å². The van der Waals surface area contributed by atoms with Crippen molar-refractivity contribution in [1.82, 2.24) is 0 Å². The first-order chi connectivity index (χ1) is 9.40. The molecule has 0 spiro atoms. The van der Waals surface area contributed by atoms with E-state index in [9.17, 15) is 18.0 Å². The van der Waals surface area contributed by atoms with Crippen LogP contribution in [-0.2, 0) is 15.3 Å². The highest BCUT2D eigenvalue weighted by Crippen LogP contribution is 2.20. The van der Waals surface area contributed by atoms with E-state index >= 15 is 0 Å². The fraction of sp³-hybridized carbons (Fsp3) is 0.462. The second-order valence-corrected chi connectivity index (χ2v) is 4.83. The van der Waals surface area contributed by atoms with E-state index in [4.69, 9.17) is 4.74 Å². The van der Waals surface area contributed by atoms with Crippen LogP contribution in [0.4, 0.5) is 13.2 Å². The Morgan fingerprint density at radius 3 is 2.45 bits per heavy atom. The Balaban J connectivity index is 2.33. The smallest absolute Gasteiger partial charge is 0.422 e. The number of benzene rings is 1. The van der Waals surface area contributed by atoms with E-state index < -0.39 is 12.8 Å². The molecule has 0 aliphatic rings. The Labute approximate surface area is 119 Å². The van der Waals surface area contributed by atoms with Crippen LogP contribution in [0.1, 0.15) is 12.5 Å². The van der Waals surface area contributed by atoms with Crippen molar-refractivity contribution in [2.45, 2.75) is 18.9 Å². The van der Waals surface area contributed by atoms with Gasteiger partial charge in [-0.25, -0.2) is 0 Å². The number of rotatable bonds is 7. The molecule has 0 fully saturated rings. The van der Waals surface area contributed by atoms with Crippen LogP contribution in [0.25, 0.3) is 0 Å². The molecule has 0 radical (unpaired) electrons. The molecule has 1 aromatic carbocycles.